The molecule has 0 aliphatic carbocycles. The lowest BCUT2D eigenvalue weighted by Crippen LogP contribution is -2.43. The number of hydrogen-bond acceptors (Lipinski definition) is 3. The van der Waals surface area contributed by atoms with E-state index >= 15 is 0 Å². The van der Waals surface area contributed by atoms with E-state index < -0.39 is 23.7 Å². The highest BCUT2D eigenvalue weighted by Crippen LogP contribution is 2.30. The van der Waals surface area contributed by atoms with E-state index in [1.807, 2.05) is 32.0 Å². The average molecular weight is 407 g/mol. The van der Waals surface area contributed by atoms with Gasteiger partial charge in [-0.3, -0.25) is 14.5 Å². The molecule has 0 saturated carbocycles. The highest BCUT2D eigenvalue weighted by molar-refractivity contribution is 5.96. The highest BCUT2D eigenvalue weighted by Gasteiger charge is 2.30. The number of hydrogen-bond donors (Lipinski definition) is 2. The van der Waals surface area contributed by atoms with E-state index in [2.05, 4.69) is 10.6 Å². The Labute approximate surface area is 167 Å². The van der Waals surface area contributed by atoms with Crippen LogP contribution >= 0.6 is 0 Å². The van der Waals surface area contributed by atoms with Crippen molar-refractivity contribution in [3.05, 3.63) is 59.2 Å². The summed E-state index contributed by atoms with van der Waals surface area (Å²) in [6.45, 7) is 5.30. The number of benzene rings is 2. The monoisotopic (exact) mass is 407 g/mol. The van der Waals surface area contributed by atoms with Crippen molar-refractivity contribution in [3.8, 4) is 0 Å². The molecule has 29 heavy (non-hydrogen) atoms. The average Bonchev–Trinajstić information content (AvgIpc) is 2.63. The maximum absolute atomic E-state index is 12.8. The molecule has 0 aromatic heterocycles. The largest absolute Gasteiger partial charge is 0.416 e. The van der Waals surface area contributed by atoms with E-state index in [-0.39, 0.29) is 18.1 Å². The standard InChI is InChI=1S/C21H24F3N3O2/c1-13-7-5-8-14(2)19(13)26-18(28)12-27(4)15(3)20(29)25-17-10-6-9-16(11-17)21(22,23)24/h5-11,15H,12H2,1-4H3,(H,25,29)(H,26,28)/t15-/m0/s1. The predicted octanol–water partition coefficient (Wildman–Crippen LogP) is 4.22. The number of anilines is 2. The van der Waals surface area contributed by atoms with Crippen molar-refractivity contribution in [3.63, 3.8) is 0 Å². The minimum Gasteiger partial charge on any atom is -0.325 e. The number of nitrogens with one attached hydrogen (secondary N) is 2. The molecule has 2 N–H and O–H groups in total. The van der Waals surface area contributed by atoms with Crippen LogP contribution in [0.4, 0.5) is 24.5 Å². The van der Waals surface area contributed by atoms with Crippen LogP contribution in [0.1, 0.15) is 23.6 Å². The zero-order chi connectivity index (χ0) is 21.8. The normalized spacial score (nSPS) is 12.6. The summed E-state index contributed by atoms with van der Waals surface area (Å²) >= 11 is 0. The maximum Gasteiger partial charge on any atom is 0.416 e. The highest BCUT2D eigenvalue weighted by atomic mass is 19.4. The number of amides is 2. The van der Waals surface area contributed by atoms with Crippen LogP contribution in [-0.2, 0) is 15.8 Å². The Hall–Kier alpha value is -2.87. The first-order valence-corrected chi connectivity index (χ1v) is 9.03. The molecule has 156 valence electrons. The van der Waals surface area contributed by atoms with E-state index in [0.717, 1.165) is 28.9 Å². The molecule has 0 fully saturated rings. The molecule has 0 heterocycles. The third-order valence-electron chi connectivity index (χ3n) is 4.64. The molecule has 0 aliphatic heterocycles. The molecule has 5 nitrogen and oxygen atoms in total. The Morgan fingerprint density at radius 1 is 1.03 bits per heavy atom. The third-order valence-corrected chi connectivity index (χ3v) is 4.64. The van der Waals surface area contributed by atoms with Crippen LogP contribution in [0.3, 0.4) is 0 Å². The molecular weight excluding hydrogens is 383 g/mol. The fourth-order valence-corrected chi connectivity index (χ4v) is 2.77. The molecule has 2 amide bonds. The molecule has 0 aliphatic rings. The fraction of sp³-hybridized carbons (Fsp3) is 0.333. The first-order chi connectivity index (χ1) is 13.5. The predicted molar refractivity (Wildman–Crippen MR) is 107 cm³/mol. The van der Waals surface area contributed by atoms with Crippen molar-refractivity contribution in [1.82, 2.24) is 4.90 Å². The van der Waals surface area contributed by atoms with E-state index in [0.29, 0.717) is 0 Å². The van der Waals surface area contributed by atoms with Crippen molar-refractivity contribution in [1.29, 1.82) is 0 Å². The van der Waals surface area contributed by atoms with Crippen molar-refractivity contribution in [2.24, 2.45) is 0 Å². The summed E-state index contributed by atoms with van der Waals surface area (Å²) in [5.41, 5.74) is 1.79. The van der Waals surface area contributed by atoms with E-state index in [9.17, 15) is 22.8 Å². The van der Waals surface area contributed by atoms with Gasteiger partial charge in [0.15, 0.2) is 0 Å². The molecule has 2 aromatic rings. The van der Waals surface area contributed by atoms with Gasteiger partial charge in [-0.05, 0) is 57.1 Å². The van der Waals surface area contributed by atoms with Crippen LogP contribution in [0.2, 0.25) is 0 Å². The van der Waals surface area contributed by atoms with Crippen LogP contribution in [0.15, 0.2) is 42.5 Å². The molecule has 2 rings (SSSR count). The zero-order valence-corrected chi connectivity index (χ0v) is 16.7. The van der Waals surface area contributed by atoms with Crippen molar-refractivity contribution >= 4 is 23.2 Å². The lowest BCUT2D eigenvalue weighted by atomic mass is 10.1. The van der Waals surface area contributed by atoms with Gasteiger partial charge in [-0.25, -0.2) is 0 Å². The molecule has 0 radical (unpaired) electrons. The van der Waals surface area contributed by atoms with Crippen molar-refractivity contribution < 1.29 is 22.8 Å². The molecule has 1 atom stereocenters. The first kappa shape index (κ1) is 22.4. The van der Waals surface area contributed by atoms with Gasteiger partial charge < -0.3 is 10.6 Å². The molecular formula is C21H24F3N3O2. The van der Waals surface area contributed by atoms with E-state index in [4.69, 9.17) is 0 Å². The van der Waals surface area contributed by atoms with Gasteiger partial charge in [0.25, 0.3) is 0 Å². The topological polar surface area (TPSA) is 61.4 Å². The van der Waals surface area contributed by atoms with Crippen LogP contribution < -0.4 is 10.6 Å². The summed E-state index contributed by atoms with van der Waals surface area (Å²) in [5, 5.41) is 5.30. The molecule has 0 saturated heterocycles. The number of para-hydroxylation sites is 1. The smallest absolute Gasteiger partial charge is 0.325 e. The van der Waals surface area contributed by atoms with Crippen LogP contribution in [0.5, 0.6) is 0 Å². The second kappa shape index (κ2) is 9.09. The van der Waals surface area contributed by atoms with Gasteiger partial charge in [0, 0.05) is 11.4 Å². The van der Waals surface area contributed by atoms with Gasteiger partial charge in [-0.2, -0.15) is 13.2 Å². The van der Waals surface area contributed by atoms with E-state index in [1.165, 1.54) is 17.0 Å². The lowest BCUT2D eigenvalue weighted by Gasteiger charge is -2.24. The van der Waals surface area contributed by atoms with Crippen molar-refractivity contribution in [2.45, 2.75) is 33.0 Å². The van der Waals surface area contributed by atoms with Gasteiger partial charge in [0.05, 0.1) is 18.2 Å². The van der Waals surface area contributed by atoms with Crippen LogP contribution in [0.25, 0.3) is 0 Å². The SMILES string of the molecule is Cc1cccc(C)c1NC(=O)CN(C)[C@@H](C)C(=O)Nc1cccc(C(F)(F)F)c1. The summed E-state index contributed by atoms with van der Waals surface area (Å²) in [6, 6.07) is 9.36. The van der Waals surface area contributed by atoms with Gasteiger partial charge in [0.2, 0.25) is 11.8 Å². The van der Waals surface area contributed by atoms with Gasteiger partial charge in [-0.15, -0.1) is 0 Å². The number of rotatable bonds is 6. The van der Waals surface area contributed by atoms with E-state index in [1.54, 1.807) is 14.0 Å². The number of likely N-dealkylation sites (N-methyl/N-ethyl adjacent to an activating group) is 1. The van der Waals surface area contributed by atoms with Crippen LogP contribution in [-0.4, -0.2) is 36.3 Å². The van der Waals surface area contributed by atoms with Crippen LogP contribution in [0, 0.1) is 13.8 Å². The summed E-state index contributed by atoms with van der Waals surface area (Å²) < 4.78 is 38.4. The number of carbonyl (C=O) groups is 2. The molecule has 0 spiro atoms. The number of nitrogens with zero attached hydrogens (tertiary/aromatic N) is 1. The summed E-state index contributed by atoms with van der Waals surface area (Å²) in [5.74, 6) is -0.796. The Balaban J connectivity index is 1.98. The fourth-order valence-electron chi connectivity index (χ4n) is 2.77. The minimum atomic E-state index is -4.49. The number of aryl methyl sites for hydroxylation is 2. The molecule has 8 heteroatoms. The van der Waals surface area contributed by atoms with Gasteiger partial charge in [-0.1, -0.05) is 24.3 Å². The number of carbonyl (C=O) groups excluding carboxylic acids is 2. The second-order valence-electron chi connectivity index (χ2n) is 6.97. The summed E-state index contributed by atoms with van der Waals surface area (Å²) in [7, 11) is 1.60. The Morgan fingerprint density at radius 3 is 2.21 bits per heavy atom. The van der Waals surface area contributed by atoms with Gasteiger partial charge in [0.1, 0.15) is 0 Å². The third kappa shape index (κ3) is 6.05. The molecule has 2 aromatic carbocycles. The summed E-state index contributed by atoms with van der Waals surface area (Å²) in [4.78, 5) is 26.3. The Morgan fingerprint density at radius 2 is 1.62 bits per heavy atom. The molecule has 0 unspecified atom stereocenters. The first-order valence-electron chi connectivity index (χ1n) is 9.03. The van der Waals surface area contributed by atoms with Gasteiger partial charge >= 0.3 is 6.18 Å². The maximum atomic E-state index is 12.8. The zero-order valence-electron chi connectivity index (χ0n) is 16.7. The Bertz CT molecular complexity index is 877. The second-order valence-corrected chi connectivity index (χ2v) is 6.97. The minimum absolute atomic E-state index is 0.0464. The molecule has 0 bridgehead atoms. The van der Waals surface area contributed by atoms with Crippen molar-refractivity contribution in [2.75, 3.05) is 24.2 Å². The summed E-state index contributed by atoms with van der Waals surface area (Å²) in [6.07, 6.45) is -4.49. The number of halogens is 3. The number of alkyl halides is 3. The Kier molecular flexibility index (Phi) is 7.02. The lowest BCUT2D eigenvalue weighted by molar-refractivity contribution is -0.137. The quantitative estimate of drug-likeness (QED) is 0.754.